The van der Waals surface area contributed by atoms with Crippen molar-refractivity contribution < 1.29 is 42.6 Å². The molecule has 0 spiro atoms. The third kappa shape index (κ3) is 35.2. The van der Waals surface area contributed by atoms with Gasteiger partial charge in [0.15, 0.2) is 0 Å². The van der Waals surface area contributed by atoms with Gasteiger partial charge in [-0.25, -0.2) is 0 Å². The summed E-state index contributed by atoms with van der Waals surface area (Å²) in [4.78, 5) is 0. The Morgan fingerprint density at radius 2 is 1.87 bits per heavy atom. The maximum atomic E-state index is 8.46. The Morgan fingerprint density at radius 1 is 1.30 bits per heavy atom. The van der Waals surface area contributed by atoms with Gasteiger partial charge in [0, 0.05) is 49.9 Å². The topological polar surface area (TPSA) is 65.3 Å². The van der Waals surface area contributed by atoms with E-state index in [-0.39, 0.29) is 50.6 Å². The van der Waals surface area contributed by atoms with Gasteiger partial charge in [0.2, 0.25) is 0 Å². The Kier molecular flexibility index (Phi) is 35.3. The quantitative estimate of drug-likeness (QED) is 0.258. The average Bonchev–Trinajstić information content (AvgIpc) is 2.47. The van der Waals surface area contributed by atoms with E-state index in [0.29, 0.717) is 18.5 Å². The molecule has 3 N–H and O–H groups in total. The molecule has 23 heavy (non-hydrogen) atoms. The zero-order chi connectivity index (χ0) is 17.9. The van der Waals surface area contributed by atoms with Crippen molar-refractivity contribution in [3.8, 4) is 11.8 Å². The second kappa shape index (κ2) is 25.4. The molecule has 0 saturated heterocycles. The van der Waals surface area contributed by atoms with E-state index in [4.69, 9.17) is 15.6 Å². The van der Waals surface area contributed by atoms with E-state index < -0.39 is 0 Å². The fraction of sp³-hybridized carbons (Fsp3) is 0.875. The predicted molar refractivity (Wildman–Crippen MR) is 104 cm³/mol. The van der Waals surface area contributed by atoms with Gasteiger partial charge in [0.1, 0.15) is 5.94 Å². The summed E-state index contributed by atoms with van der Waals surface area (Å²) in [7, 11) is 5.44. The van der Waals surface area contributed by atoms with E-state index in [1.54, 1.807) is 21.6 Å². The van der Waals surface area contributed by atoms with Gasteiger partial charge in [0.05, 0.1) is 13.2 Å². The number of hydrogen-bond acceptors (Lipinski definition) is 5. The fourth-order valence-electron chi connectivity index (χ4n) is 1.05. The summed E-state index contributed by atoms with van der Waals surface area (Å²) in [5.41, 5.74) is 6.62. The van der Waals surface area contributed by atoms with Crippen LogP contribution in [0.5, 0.6) is 0 Å². The molecule has 137 valence electrons. The molecule has 0 aromatic carbocycles. The minimum absolute atomic E-state index is 0. The van der Waals surface area contributed by atoms with Crippen LogP contribution in [-0.4, -0.2) is 49.1 Å². The van der Waals surface area contributed by atoms with Crippen LogP contribution in [0.15, 0.2) is 0 Å². The number of nitrogens with one attached hydrogen (secondary N) is 2. The fourth-order valence-corrected chi connectivity index (χ4v) is 3.29. The van der Waals surface area contributed by atoms with E-state index in [1.807, 2.05) is 34.7 Å². The number of rotatable bonds is 8. The summed E-state index contributed by atoms with van der Waals surface area (Å²) in [5, 5.41) is 11.6. The van der Waals surface area contributed by atoms with Crippen LogP contribution in [0.1, 0.15) is 41.5 Å². The molecule has 0 unspecified atom stereocenters. The molecule has 0 amide bonds. The molecule has 4 nitrogen and oxygen atoms in total. The van der Waals surface area contributed by atoms with Crippen molar-refractivity contribution in [2.45, 2.75) is 46.3 Å². The van der Waals surface area contributed by atoms with Crippen molar-refractivity contribution >= 4 is 21.6 Å². The summed E-state index contributed by atoms with van der Waals surface area (Å²) >= 11 is 0. The molecule has 0 heterocycles. The van der Waals surface area contributed by atoms with Gasteiger partial charge < -0.3 is 20.9 Å². The zero-order valence-corrected chi connectivity index (χ0v) is 20.3. The second-order valence-corrected chi connectivity index (χ2v) is 7.84. The van der Waals surface area contributed by atoms with E-state index in [1.165, 1.54) is 0 Å². The van der Waals surface area contributed by atoms with Crippen molar-refractivity contribution in [2.75, 3.05) is 39.3 Å². The van der Waals surface area contributed by atoms with E-state index in [0.717, 1.165) is 6.54 Å². The molecule has 0 fully saturated rings. The predicted octanol–water partition coefficient (Wildman–Crippen LogP) is 4.05. The molecule has 7 heteroatoms. The Morgan fingerprint density at radius 3 is 2.22 bits per heavy atom. The number of hydrogen-bond donors (Lipinski definition) is 2. The van der Waals surface area contributed by atoms with Crippen LogP contribution in [0.4, 0.5) is 0 Å². The Labute approximate surface area is 177 Å². The van der Waals surface area contributed by atoms with Crippen molar-refractivity contribution in [1.82, 2.24) is 5.32 Å². The first kappa shape index (κ1) is 31.9. The Bertz CT molecular complexity index is 271. The van der Waals surface area contributed by atoms with Gasteiger partial charge in [-0.05, 0) is 20.9 Å². The number of ether oxygens (including phenoxy) is 1. The maximum absolute atomic E-state index is 8.46. The van der Waals surface area contributed by atoms with Gasteiger partial charge in [-0.2, -0.15) is 0 Å². The van der Waals surface area contributed by atoms with Crippen molar-refractivity contribution in [3.63, 3.8) is 0 Å². The van der Waals surface area contributed by atoms with Crippen molar-refractivity contribution in [1.29, 1.82) is 0 Å². The van der Waals surface area contributed by atoms with Crippen LogP contribution in [0.3, 0.4) is 0 Å². The molecular weight excluding hydrogens is 405 g/mol. The summed E-state index contributed by atoms with van der Waals surface area (Å²) in [6, 6.07) is 0. The van der Waals surface area contributed by atoms with Gasteiger partial charge in [-0.15, -0.1) is 11.8 Å². The number of aliphatic hydroxyl groups is 1. The Balaban J connectivity index is -0.000000154. The van der Waals surface area contributed by atoms with E-state index >= 15 is 0 Å². The molecule has 0 aliphatic rings. The van der Waals surface area contributed by atoms with Crippen molar-refractivity contribution in [3.05, 3.63) is 5.73 Å². The van der Waals surface area contributed by atoms with Gasteiger partial charge in [0.25, 0.3) is 0 Å². The second-order valence-electron chi connectivity index (χ2n) is 4.89. The van der Waals surface area contributed by atoms with E-state index in [9.17, 15) is 0 Å². The molecule has 0 aliphatic carbocycles. The molecule has 0 atom stereocenters. The van der Waals surface area contributed by atoms with Crippen LogP contribution in [0.2, 0.25) is 0 Å². The third-order valence-corrected chi connectivity index (χ3v) is 4.71. The smallest absolute Gasteiger partial charge is 0.102 e. The minimum atomic E-state index is 0. The average molecular weight is 441 g/mol. The maximum Gasteiger partial charge on any atom is 0.102 e. The molecule has 0 aromatic rings. The first-order chi connectivity index (χ1) is 10.4. The monoisotopic (exact) mass is 440 g/mol. The van der Waals surface area contributed by atoms with Crippen LogP contribution >= 0.6 is 21.6 Å². The summed E-state index contributed by atoms with van der Waals surface area (Å²) in [6.07, 6.45) is 0. The van der Waals surface area contributed by atoms with Gasteiger partial charge in [-0.1, -0.05) is 55.8 Å². The first-order valence-electron chi connectivity index (χ1n) is 7.66. The molecule has 0 aromatic heterocycles. The third-order valence-electron chi connectivity index (χ3n) is 1.73. The molecule has 0 aliphatic heterocycles. The van der Waals surface area contributed by atoms with Crippen LogP contribution in [0.25, 0.3) is 5.73 Å². The largest absolute Gasteiger partial charge is 0.667 e. The van der Waals surface area contributed by atoms with Crippen LogP contribution < -0.4 is 5.32 Å². The molecular formula is C16H35N2O2S2Y-. The summed E-state index contributed by atoms with van der Waals surface area (Å²) in [6.45, 7) is 14.2. The summed E-state index contributed by atoms with van der Waals surface area (Å²) < 4.78 is 5.35. The molecule has 0 bridgehead atoms. The van der Waals surface area contributed by atoms with Crippen LogP contribution in [-0.2, 0) is 37.4 Å². The van der Waals surface area contributed by atoms with E-state index in [2.05, 4.69) is 31.0 Å². The summed E-state index contributed by atoms with van der Waals surface area (Å²) in [5.74, 6) is 6.58. The Hall–Kier alpha value is 1.20. The standard InChI is InChI=1S/C8H19NO2S2.C6H10N.C2H6.Y/c1-8(2,6-9-3)13-12-7-11-5-4-10;1-6(2)4-3-5-7;1-2;/h9-10H,4-7H2,1-3H3;6-7H,5H2,1-2H3;1-2H3;/q;-1;;. The molecule has 1 radical (unpaired) electrons. The van der Waals surface area contributed by atoms with Crippen molar-refractivity contribution in [2.24, 2.45) is 5.92 Å². The van der Waals surface area contributed by atoms with Crippen LogP contribution in [0, 0.1) is 17.8 Å². The SMILES string of the molecule is CC.CC(C)C#CC[NH-].CNCC(C)(C)SSCOCCO.[Y]. The first-order valence-corrected chi connectivity index (χ1v) is 9.98. The zero-order valence-electron chi connectivity index (χ0n) is 15.9. The molecule has 0 rings (SSSR count). The minimum Gasteiger partial charge on any atom is -0.667 e. The normalized spacial score (nSPS) is 9.48. The van der Waals surface area contributed by atoms with Gasteiger partial charge in [-0.3, -0.25) is 0 Å². The number of aliphatic hydroxyl groups excluding tert-OH is 1. The van der Waals surface area contributed by atoms with Gasteiger partial charge >= 0.3 is 0 Å². The molecule has 0 saturated carbocycles.